The number of benzene rings is 6. The van der Waals surface area contributed by atoms with Gasteiger partial charge in [-0.1, -0.05) is 91.0 Å². The van der Waals surface area contributed by atoms with Crippen LogP contribution < -0.4 is 0 Å². The van der Waals surface area contributed by atoms with Gasteiger partial charge in [0.2, 0.25) is 0 Å². The predicted octanol–water partition coefficient (Wildman–Crippen LogP) is 10.6. The second-order valence-electron chi connectivity index (χ2n) is 10.4. The van der Waals surface area contributed by atoms with Crippen LogP contribution in [-0.4, -0.2) is 4.57 Å². The summed E-state index contributed by atoms with van der Waals surface area (Å²) in [7, 11) is 0. The van der Waals surface area contributed by atoms with E-state index in [1.807, 2.05) is 17.4 Å². The molecule has 0 N–H and O–H groups in total. The molecule has 0 aliphatic heterocycles. The van der Waals surface area contributed by atoms with Crippen LogP contribution in [0.1, 0.15) is 5.56 Å². The van der Waals surface area contributed by atoms with Gasteiger partial charge in [0.25, 0.3) is 0 Å². The molecule has 0 atom stereocenters. The van der Waals surface area contributed by atoms with Gasteiger partial charge in [-0.05, 0) is 35.9 Å². The van der Waals surface area contributed by atoms with E-state index in [1.54, 1.807) is 0 Å². The topological polar surface area (TPSA) is 41.9 Å². The van der Waals surface area contributed by atoms with Crippen molar-refractivity contribution >= 4 is 75.3 Å². The number of hydrogen-bond acceptors (Lipinski definition) is 3. The van der Waals surface area contributed by atoms with E-state index in [4.69, 9.17) is 4.42 Å². The molecule has 0 bridgehead atoms. The standard InChI is InChI=1S/C37H20N2OS/c38-21-22-19-20-26(28-13-7-12-27-25-11-3-6-18-33(25)41-37(27)28)34-29-14-8-17-32(36(29)40-35(22)34)39-30-15-4-1-9-23(30)24-10-2-5-16-31(24)39/h1-20H. The first kappa shape index (κ1) is 22.4. The molecule has 0 fully saturated rings. The van der Waals surface area contributed by atoms with Crippen LogP contribution in [0.15, 0.2) is 126 Å². The fourth-order valence-corrected chi connectivity index (χ4v) is 7.75. The molecule has 3 aromatic heterocycles. The fourth-order valence-electron chi connectivity index (χ4n) is 6.52. The lowest BCUT2D eigenvalue weighted by Gasteiger charge is -2.09. The maximum Gasteiger partial charge on any atom is 0.159 e. The van der Waals surface area contributed by atoms with Crippen LogP contribution in [0.5, 0.6) is 0 Å². The van der Waals surface area contributed by atoms with Gasteiger partial charge in [0, 0.05) is 47.3 Å². The summed E-state index contributed by atoms with van der Waals surface area (Å²) in [5, 5.41) is 17.0. The maximum atomic E-state index is 10.1. The van der Waals surface area contributed by atoms with Gasteiger partial charge >= 0.3 is 0 Å². The summed E-state index contributed by atoms with van der Waals surface area (Å²) in [6, 6.07) is 44.8. The largest absolute Gasteiger partial charge is 0.452 e. The van der Waals surface area contributed by atoms with Gasteiger partial charge in [-0.15, -0.1) is 11.3 Å². The minimum absolute atomic E-state index is 0.539. The highest BCUT2D eigenvalue weighted by Gasteiger charge is 2.22. The van der Waals surface area contributed by atoms with Crippen LogP contribution >= 0.6 is 11.3 Å². The van der Waals surface area contributed by atoms with Crippen LogP contribution in [0.4, 0.5) is 0 Å². The van der Waals surface area contributed by atoms with Crippen molar-refractivity contribution in [2.45, 2.75) is 0 Å². The molecule has 6 aromatic carbocycles. The Kier molecular flexibility index (Phi) is 4.55. The number of para-hydroxylation sites is 3. The van der Waals surface area contributed by atoms with E-state index < -0.39 is 0 Å². The molecular formula is C37H20N2OS. The molecule has 0 radical (unpaired) electrons. The number of rotatable bonds is 2. The van der Waals surface area contributed by atoms with E-state index in [0.717, 1.165) is 44.2 Å². The average molecular weight is 541 g/mol. The van der Waals surface area contributed by atoms with Crippen molar-refractivity contribution in [2.24, 2.45) is 0 Å². The predicted molar refractivity (Wildman–Crippen MR) is 171 cm³/mol. The molecule has 3 heterocycles. The molecule has 0 amide bonds. The zero-order valence-electron chi connectivity index (χ0n) is 21.8. The summed E-state index contributed by atoms with van der Waals surface area (Å²) < 4.78 is 11.5. The van der Waals surface area contributed by atoms with Crippen molar-refractivity contribution in [1.82, 2.24) is 4.57 Å². The van der Waals surface area contributed by atoms with E-state index in [1.165, 1.54) is 30.9 Å². The zero-order valence-corrected chi connectivity index (χ0v) is 22.6. The van der Waals surface area contributed by atoms with E-state index in [2.05, 4.69) is 126 Å². The summed E-state index contributed by atoms with van der Waals surface area (Å²) in [6.07, 6.45) is 0. The van der Waals surface area contributed by atoms with Crippen molar-refractivity contribution < 1.29 is 4.42 Å². The summed E-state index contributed by atoms with van der Waals surface area (Å²) in [4.78, 5) is 0. The third-order valence-electron chi connectivity index (χ3n) is 8.26. The van der Waals surface area contributed by atoms with Crippen molar-refractivity contribution in [3.63, 3.8) is 0 Å². The summed E-state index contributed by atoms with van der Waals surface area (Å²) in [5.74, 6) is 0. The first-order chi connectivity index (χ1) is 20.3. The molecule has 0 saturated carbocycles. The quantitative estimate of drug-likeness (QED) is 0.219. The van der Waals surface area contributed by atoms with Gasteiger partial charge in [-0.3, -0.25) is 0 Å². The van der Waals surface area contributed by atoms with Crippen LogP contribution in [-0.2, 0) is 0 Å². The Morgan fingerprint density at radius 2 is 1.22 bits per heavy atom. The van der Waals surface area contributed by atoms with Gasteiger partial charge in [-0.2, -0.15) is 5.26 Å². The molecule has 4 heteroatoms. The number of thiophene rings is 1. The smallest absolute Gasteiger partial charge is 0.159 e. The van der Waals surface area contributed by atoms with Crippen molar-refractivity contribution in [2.75, 3.05) is 0 Å². The van der Waals surface area contributed by atoms with Crippen LogP contribution in [0.2, 0.25) is 0 Å². The molecule has 0 spiro atoms. The molecular weight excluding hydrogens is 520 g/mol. The molecule has 0 saturated heterocycles. The van der Waals surface area contributed by atoms with Gasteiger partial charge < -0.3 is 8.98 Å². The second kappa shape index (κ2) is 8.32. The molecule has 0 unspecified atom stereocenters. The lowest BCUT2D eigenvalue weighted by atomic mass is 9.96. The van der Waals surface area contributed by atoms with Gasteiger partial charge in [0.15, 0.2) is 11.2 Å². The van der Waals surface area contributed by atoms with E-state index >= 15 is 0 Å². The first-order valence-electron chi connectivity index (χ1n) is 13.6. The molecule has 3 nitrogen and oxygen atoms in total. The highest BCUT2D eigenvalue weighted by molar-refractivity contribution is 7.26. The number of nitriles is 1. The summed E-state index contributed by atoms with van der Waals surface area (Å²) in [5.41, 5.74) is 7.39. The van der Waals surface area contributed by atoms with Crippen LogP contribution in [0.3, 0.4) is 0 Å². The summed E-state index contributed by atoms with van der Waals surface area (Å²) in [6.45, 7) is 0. The van der Waals surface area contributed by atoms with Gasteiger partial charge in [0.1, 0.15) is 6.07 Å². The SMILES string of the molecule is N#Cc1ccc(-c2cccc3c2sc2ccccc23)c2c1oc1c(-n3c4ccccc4c4ccccc43)cccc12. The second-order valence-corrected chi connectivity index (χ2v) is 11.4. The lowest BCUT2D eigenvalue weighted by Crippen LogP contribution is -1.94. The molecule has 0 aliphatic carbocycles. The Balaban J connectivity index is 1.42. The number of hydrogen-bond donors (Lipinski definition) is 0. The molecule has 41 heavy (non-hydrogen) atoms. The average Bonchev–Trinajstić information content (AvgIpc) is 3.71. The normalized spacial score (nSPS) is 11.9. The van der Waals surface area contributed by atoms with Gasteiger partial charge in [0.05, 0.1) is 22.3 Å². The Hall–Kier alpha value is -5.37. The third kappa shape index (κ3) is 3.01. The number of nitrogens with zero attached hydrogens (tertiary/aromatic N) is 2. The highest BCUT2D eigenvalue weighted by atomic mass is 32.1. The molecule has 9 aromatic rings. The first-order valence-corrected chi connectivity index (χ1v) is 14.4. The Labute approximate surface area is 238 Å². The Bertz CT molecular complexity index is 2500. The maximum absolute atomic E-state index is 10.1. The minimum Gasteiger partial charge on any atom is -0.452 e. The van der Waals surface area contributed by atoms with E-state index in [9.17, 15) is 5.26 Å². The monoisotopic (exact) mass is 540 g/mol. The van der Waals surface area contributed by atoms with Crippen molar-refractivity contribution in [3.05, 3.63) is 127 Å². The highest BCUT2D eigenvalue weighted by Crippen LogP contribution is 2.46. The van der Waals surface area contributed by atoms with Crippen molar-refractivity contribution in [3.8, 4) is 22.9 Å². The van der Waals surface area contributed by atoms with Crippen LogP contribution in [0, 0.1) is 11.3 Å². The molecule has 0 aliphatic rings. The number of aromatic nitrogens is 1. The minimum atomic E-state index is 0.539. The Morgan fingerprint density at radius 3 is 2.00 bits per heavy atom. The third-order valence-corrected chi connectivity index (χ3v) is 9.48. The fraction of sp³-hybridized carbons (Fsp3) is 0. The zero-order chi connectivity index (χ0) is 27.1. The Morgan fingerprint density at radius 1 is 0.561 bits per heavy atom. The van der Waals surface area contributed by atoms with Gasteiger partial charge in [-0.25, -0.2) is 0 Å². The lowest BCUT2D eigenvalue weighted by molar-refractivity contribution is 0.665. The molecule has 190 valence electrons. The number of furan rings is 1. The van der Waals surface area contributed by atoms with E-state index in [-0.39, 0.29) is 0 Å². The van der Waals surface area contributed by atoms with E-state index in [0.29, 0.717) is 11.1 Å². The number of fused-ring (bicyclic) bond motifs is 9. The molecule has 9 rings (SSSR count). The van der Waals surface area contributed by atoms with Crippen molar-refractivity contribution in [1.29, 1.82) is 5.26 Å². The summed E-state index contributed by atoms with van der Waals surface area (Å²) >= 11 is 1.81. The van der Waals surface area contributed by atoms with Crippen LogP contribution in [0.25, 0.3) is 80.7 Å².